The maximum absolute atomic E-state index is 11.7. The third-order valence-corrected chi connectivity index (χ3v) is 4.89. The number of alkyl carbamates (subject to hydrolysis) is 1. The van der Waals surface area contributed by atoms with Crippen molar-refractivity contribution in [3.63, 3.8) is 0 Å². The molecule has 0 aromatic carbocycles. The Morgan fingerprint density at radius 3 is 2.73 bits per heavy atom. The molecule has 1 aliphatic rings. The summed E-state index contributed by atoms with van der Waals surface area (Å²) in [5.74, 6) is 0.535. The van der Waals surface area contributed by atoms with E-state index in [9.17, 15) is 4.79 Å². The largest absolute Gasteiger partial charge is 0.444 e. The van der Waals surface area contributed by atoms with E-state index in [2.05, 4.69) is 22.1 Å². The Labute approximate surface area is 137 Å². The first-order valence-electron chi connectivity index (χ1n) is 7.95. The van der Waals surface area contributed by atoms with Gasteiger partial charge in [0.1, 0.15) is 10.6 Å². The van der Waals surface area contributed by atoms with E-state index >= 15 is 0 Å². The summed E-state index contributed by atoms with van der Waals surface area (Å²) >= 11 is 1.72. The molecule has 1 unspecified atom stereocenters. The number of ether oxygens (including phenoxy) is 1. The molecular weight excluding hydrogens is 298 g/mol. The lowest BCUT2D eigenvalue weighted by Crippen LogP contribution is -2.41. The Bertz CT molecular complexity index is 462. The first-order valence-corrected chi connectivity index (χ1v) is 8.83. The summed E-state index contributed by atoms with van der Waals surface area (Å²) in [7, 11) is 0. The van der Waals surface area contributed by atoms with E-state index in [4.69, 9.17) is 4.74 Å². The van der Waals surface area contributed by atoms with Gasteiger partial charge in [-0.25, -0.2) is 9.78 Å². The molecule has 1 aromatic rings. The van der Waals surface area contributed by atoms with Gasteiger partial charge in [0.25, 0.3) is 0 Å². The van der Waals surface area contributed by atoms with Crippen molar-refractivity contribution in [3.05, 3.63) is 16.6 Å². The minimum absolute atomic E-state index is 0.314. The SMILES string of the molecule is CC(c1nccs1)N1CCC(CNC(=O)OC(C)(C)C)CC1. The smallest absolute Gasteiger partial charge is 0.407 e. The topological polar surface area (TPSA) is 54.5 Å². The number of nitrogens with zero attached hydrogens (tertiary/aromatic N) is 2. The number of rotatable bonds is 4. The van der Waals surface area contributed by atoms with Gasteiger partial charge >= 0.3 is 6.09 Å². The maximum Gasteiger partial charge on any atom is 0.407 e. The number of aromatic nitrogens is 1. The second-order valence-corrected chi connectivity index (χ2v) is 7.83. The van der Waals surface area contributed by atoms with E-state index in [1.54, 1.807) is 11.3 Å². The molecule has 0 radical (unpaired) electrons. The van der Waals surface area contributed by atoms with Gasteiger partial charge in [0, 0.05) is 18.1 Å². The number of hydrogen-bond donors (Lipinski definition) is 1. The van der Waals surface area contributed by atoms with Gasteiger partial charge in [0.05, 0.1) is 6.04 Å². The number of carbonyl (C=O) groups excluding carboxylic acids is 1. The minimum atomic E-state index is -0.434. The lowest BCUT2D eigenvalue weighted by molar-refractivity contribution is 0.0506. The summed E-state index contributed by atoms with van der Waals surface area (Å²) in [5, 5.41) is 6.11. The van der Waals surface area contributed by atoms with Crippen molar-refractivity contribution in [3.8, 4) is 0 Å². The minimum Gasteiger partial charge on any atom is -0.444 e. The Hall–Kier alpha value is -1.14. The van der Waals surface area contributed by atoms with E-state index in [0.717, 1.165) is 25.9 Å². The van der Waals surface area contributed by atoms with Crippen LogP contribution >= 0.6 is 11.3 Å². The summed E-state index contributed by atoms with van der Waals surface area (Å²) in [6.45, 7) is 10.7. The Balaban J connectivity index is 1.70. The standard InChI is InChI=1S/C16H27N3O2S/c1-12(14-17-7-10-22-14)19-8-5-13(6-9-19)11-18-15(20)21-16(2,3)4/h7,10,12-13H,5-6,8-9,11H2,1-4H3,(H,18,20). The number of thiazole rings is 1. The number of amides is 1. The zero-order valence-electron chi connectivity index (χ0n) is 14.0. The van der Waals surface area contributed by atoms with Crippen LogP contribution in [0.1, 0.15) is 51.6 Å². The first kappa shape index (κ1) is 17.2. The molecule has 1 N–H and O–H groups in total. The molecule has 0 bridgehead atoms. The summed E-state index contributed by atoms with van der Waals surface area (Å²) in [4.78, 5) is 18.6. The van der Waals surface area contributed by atoms with Gasteiger partial charge in [-0.3, -0.25) is 4.90 Å². The van der Waals surface area contributed by atoms with Crippen molar-refractivity contribution < 1.29 is 9.53 Å². The first-order chi connectivity index (χ1) is 10.3. The van der Waals surface area contributed by atoms with Gasteiger partial charge in [0.15, 0.2) is 0 Å². The molecule has 1 amide bonds. The highest BCUT2D eigenvalue weighted by molar-refractivity contribution is 7.09. The molecule has 1 fully saturated rings. The van der Waals surface area contributed by atoms with Crippen LogP contribution in [0.3, 0.4) is 0 Å². The average Bonchev–Trinajstić information content (AvgIpc) is 2.97. The fourth-order valence-electron chi connectivity index (χ4n) is 2.68. The number of likely N-dealkylation sites (tertiary alicyclic amines) is 1. The van der Waals surface area contributed by atoms with Crippen LogP contribution in [0.4, 0.5) is 4.79 Å². The molecule has 1 atom stereocenters. The third-order valence-electron chi connectivity index (χ3n) is 3.94. The summed E-state index contributed by atoms with van der Waals surface area (Å²) in [6.07, 6.45) is 3.76. The molecule has 2 heterocycles. The predicted molar refractivity (Wildman–Crippen MR) is 89.1 cm³/mol. The van der Waals surface area contributed by atoms with E-state index in [1.165, 1.54) is 5.01 Å². The molecule has 1 aliphatic heterocycles. The van der Waals surface area contributed by atoms with Gasteiger partial charge < -0.3 is 10.1 Å². The number of nitrogens with one attached hydrogen (secondary N) is 1. The van der Waals surface area contributed by atoms with Crippen molar-refractivity contribution in [2.24, 2.45) is 5.92 Å². The van der Waals surface area contributed by atoms with Crippen LogP contribution in [0.15, 0.2) is 11.6 Å². The summed E-state index contributed by atoms with van der Waals surface area (Å²) in [6, 6.07) is 0.389. The second kappa shape index (κ2) is 7.42. The lowest BCUT2D eigenvalue weighted by Gasteiger charge is -2.35. The molecule has 6 heteroatoms. The normalized spacial score (nSPS) is 18.9. The van der Waals surface area contributed by atoms with Crippen LogP contribution in [-0.4, -0.2) is 41.2 Å². The van der Waals surface area contributed by atoms with Crippen LogP contribution < -0.4 is 5.32 Å². The van der Waals surface area contributed by atoms with Crippen LogP contribution in [0, 0.1) is 5.92 Å². The molecule has 22 heavy (non-hydrogen) atoms. The Morgan fingerprint density at radius 1 is 1.50 bits per heavy atom. The highest BCUT2D eigenvalue weighted by Gasteiger charge is 2.25. The molecule has 1 aromatic heterocycles. The molecule has 0 aliphatic carbocycles. The van der Waals surface area contributed by atoms with E-state index in [0.29, 0.717) is 18.5 Å². The van der Waals surface area contributed by atoms with Crippen LogP contribution in [0.25, 0.3) is 0 Å². The number of carbonyl (C=O) groups is 1. The number of hydrogen-bond acceptors (Lipinski definition) is 5. The van der Waals surface area contributed by atoms with Gasteiger partial charge in [-0.1, -0.05) is 0 Å². The van der Waals surface area contributed by atoms with Crippen LogP contribution in [0.5, 0.6) is 0 Å². The molecule has 5 nitrogen and oxygen atoms in total. The van der Waals surface area contributed by atoms with Crippen LogP contribution in [0.2, 0.25) is 0 Å². The predicted octanol–water partition coefficient (Wildman–Crippen LogP) is 3.44. The average molecular weight is 325 g/mol. The quantitative estimate of drug-likeness (QED) is 0.921. The van der Waals surface area contributed by atoms with E-state index in [1.807, 2.05) is 32.3 Å². The van der Waals surface area contributed by atoms with Crippen molar-refractivity contribution in [2.45, 2.75) is 52.2 Å². The molecule has 1 saturated heterocycles. The highest BCUT2D eigenvalue weighted by atomic mass is 32.1. The zero-order chi connectivity index (χ0) is 16.2. The second-order valence-electron chi connectivity index (χ2n) is 6.91. The zero-order valence-corrected chi connectivity index (χ0v) is 14.8. The highest BCUT2D eigenvalue weighted by Crippen LogP contribution is 2.27. The molecule has 0 spiro atoms. The van der Waals surface area contributed by atoms with Crippen molar-refractivity contribution in [2.75, 3.05) is 19.6 Å². The van der Waals surface area contributed by atoms with Crippen LogP contribution in [-0.2, 0) is 4.74 Å². The lowest BCUT2D eigenvalue weighted by atomic mass is 9.96. The maximum atomic E-state index is 11.7. The summed E-state index contributed by atoms with van der Waals surface area (Å²) in [5.41, 5.74) is -0.434. The van der Waals surface area contributed by atoms with Gasteiger partial charge in [-0.05, 0) is 59.5 Å². The van der Waals surface area contributed by atoms with Crippen molar-refractivity contribution in [1.29, 1.82) is 0 Å². The van der Waals surface area contributed by atoms with E-state index in [-0.39, 0.29) is 6.09 Å². The fraction of sp³-hybridized carbons (Fsp3) is 0.750. The molecule has 0 saturated carbocycles. The fourth-order valence-corrected chi connectivity index (χ4v) is 3.41. The van der Waals surface area contributed by atoms with Gasteiger partial charge in [-0.2, -0.15) is 0 Å². The summed E-state index contributed by atoms with van der Waals surface area (Å²) < 4.78 is 5.27. The number of piperidine rings is 1. The van der Waals surface area contributed by atoms with Gasteiger partial charge in [0.2, 0.25) is 0 Å². The van der Waals surface area contributed by atoms with Gasteiger partial charge in [-0.15, -0.1) is 11.3 Å². The van der Waals surface area contributed by atoms with Crippen molar-refractivity contribution in [1.82, 2.24) is 15.2 Å². The molecule has 124 valence electrons. The molecular formula is C16H27N3O2S. The molecule has 2 rings (SSSR count). The van der Waals surface area contributed by atoms with Crippen molar-refractivity contribution >= 4 is 17.4 Å². The Kier molecular flexibility index (Phi) is 5.81. The monoisotopic (exact) mass is 325 g/mol. The Morgan fingerprint density at radius 2 is 2.18 bits per heavy atom. The third kappa shape index (κ3) is 5.25. The van der Waals surface area contributed by atoms with E-state index < -0.39 is 5.60 Å².